The van der Waals surface area contributed by atoms with Crippen LogP contribution < -0.4 is 11.1 Å². The van der Waals surface area contributed by atoms with Crippen molar-refractivity contribution in [2.45, 2.75) is 33.7 Å². The van der Waals surface area contributed by atoms with Gasteiger partial charge in [0.15, 0.2) is 0 Å². The molecule has 6 heteroatoms. The molecule has 0 aliphatic carbocycles. The zero-order valence-corrected chi connectivity index (χ0v) is 8.87. The first-order valence-electron chi connectivity index (χ1n) is 4.49. The first-order valence-corrected chi connectivity index (χ1v) is 4.49. The van der Waals surface area contributed by atoms with E-state index in [4.69, 9.17) is 5.73 Å². The third kappa shape index (κ3) is 3.88. The van der Waals surface area contributed by atoms with Gasteiger partial charge >= 0.3 is 17.8 Å². The topological polar surface area (TPSA) is 94.0 Å². The SMILES string of the molecule is CC.CC(C)NC(=O)c1nnc(N)o1. The van der Waals surface area contributed by atoms with E-state index < -0.39 is 5.91 Å². The standard InChI is InChI=1S/C6H10N4O2.C2H6/c1-3(2)8-4(11)5-9-10-6(7)12-5;1-2/h3H,1-2H3,(H2,7,10)(H,8,11);1-2H3. The van der Waals surface area contributed by atoms with Crippen LogP contribution in [0, 0.1) is 0 Å². The van der Waals surface area contributed by atoms with Crippen LogP contribution in [0.2, 0.25) is 0 Å². The van der Waals surface area contributed by atoms with Crippen molar-refractivity contribution in [3.8, 4) is 0 Å². The van der Waals surface area contributed by atoms with Crippen LogP contribution in [0.15, 0.2) is 4.42 Å². The van der Waals surface area contributed by atoms with Gasteiger partial charge in [-0.1, -0.05) is 18.9 Å². The van der Waals surface area contributed by atoms with Crippen LogP contribution in [0.3, 0.4) is 0 Å². The van der Waals surface area contributed by atoms with E-state index in [1.165, 1.54) is 0 Å². The van der Waals surface area contributed by atoms with Crippen LogP contribution >= 0.6 is 0 Å². The van der Waals surface area contributed by atoms with E-state index in [1.54, 1.807) is 0 Å². The first kappa shape index (κ1) is 12.4. The maximum absolute atomic E-state index is 11.1. The smallest absolute Gasteiger partial charge is 0.313 e. The van der Waals surface area contributed by atoms with Crippen molar-refractivity contribution in [1.29, 1.82) is 0 Å². The monoisotopic (exact) mass is 200 g/mol. The highest BCUT2D eigenvalue weighted by Gasteiger charge is 2.13. The number of nitrogen functional groups attached to an aromatic ring is 1. The maximum atomic E-state index is 11.1. The second-order valence-electron chi connectivity index (χ2n) is 2.57. The summed E-state index contributed by atoms with van der Waals surface area (Å²) in [4.78, 5) is 11.1. The van der Waals surface area contributed by atoms with Crippen LogP contribution in [0.5, 0.6) is 0 Å². The number of amides is 1. The minimum atomic E-state index is -0.408. The van der Waals surface area contributed by atoms with Gasteiger partial charge in [-0.3, -0.25) is 4.79 Å². The van der Waals surface area contributed by atoms with Crippen molar-refractivity contribution in [2.24, 2.45) is 0 Å². The number of aromatic nitrogens is 2. The second-order valence-corrected chi connectivity index (χ2v) is 2.57. The highest BCUT2D eigenvalue weighted by Crippen LogP contribution is 1.99. The molecule has 0 fully saturated rings. The highest BCUT2D eigenvalue weighted by molar-refractivity contribution is 5.89. The molecule has 0 saturated carbocycles. The predicted octanol–water partition coefficient (Wildman–Crippen LogP) is 0.816. The Bertz CT molecular complexity index is 283. The van der Waals surface area contributed by atoms with Crippen LogP contribution in [0.4, 0.5) is 6.01 Å². The van der Waals surface area contributed by atoms with Crippen molar-refractivity contribution in [3.63, 3.8) is 0 Å². The minimum Gasteiger partial charge on any atom is -0.399 e. The molecule has 3 N–H and O–H groups in total. The summed E-state index contributed by atoms with van der Waals surface area (Å²) in [5.41, 5.74) is 5.13. The Morgan fingerprint density at radius 2 is 2.00 bits per heavy atom. The van der Waals surface area contributed by atoms with Crippen LogP contribution in [-0.4, -0.2) is 22.1 Å². The van der Waals surface area contributed by atoms with Gasteiger partial charge in [-0.25, -0.2) is 0 Å². The average Bonchev–Trinajstić information content (AvgIpc) is 2.54. The summed E-state index contributed by atoms with van der Waals surface area (Å²) < 4.78 is 4.69. The fraction of sp³-hybridized carbons (Fsp3) is 0.625. The van der Waals surface area contributed by atoms with Crippen molar-refractivity contribution in [2.75, 3.05) is 5.73 Å². The Kier molecular flexibility index (Phi) is 5.28. The molecule has 0 aliphatic rings. The molecular formula is C8H16N4O2. The molecule has 0 unspecified atom stereocenters. The zero-order chi connectivity index (χ0) is 11.1. The van der Waals surface area contributed by atoms with Crippen molar-refractivity contribution in [3.05, 3.63) is 5.89 Å². The number of rotatable bonds is 2. The van der Waals surface area contributed by atoms with E-state index in [0.29, 0.717) is 0 Å². The molecule has 1 amide bonds. The van der Waals surface area contributed by atoms with E-state index >= 15 is 0 Å². The summed E-state index contributed by atoms with van der Waals surface area (Å²) >= 11 is 0. The normalized spacial score (nSPS) is 9.21. The van der Waals surface area contributed by atoms with Crippen LogP contribution in [0.1, 0.15) is 38.4 Å². The maximum Gasteiger partial charge on any atom is 0.313 e. The van der Waals surface area contributed by atoms with Gasteiger partial charge in [0, 0.05) is 6.04 Å². The third-order valence-corrected chi connectivity index (χ3v) is 1.05. The second kappa shape index (κ2) is 5.95. The van der Waals surface area contributed by atoms with Crippen LogP contribution in [-0.2, 0) is 0 Å². The molecule has 1 aromatic rings. The summed E-state index contributed by atoms with van der Waals surface area (Å²) in [5, 5.41) is 9.34. The Labute approximate surface area is 82.9 Å². The number of nitrogens with one attached hydrogen (secondary N) is 1. The minimum absolute atomic E-state index is 0.0330. The van der Waals surface area contributed by atoms with E-state index in [2.05, 4.69) is 19.9 Å². The number of carbonyl (C=O) groups is 1. The quantitative estimate of drug-likeness (QED) is 0.736. The molecule has 0 spiro atoms. The van der Waals surface area contributed by atoms with Crippen molar-refractivity contribution in [1.82, 2.24) is 15.5 Å². The summed E-state index contributed by atoms with van der Waals surface area (Å²) in [6, 6.07) is -0.0745. The van der Waals surface area contributed by atoms with Gasteiger partial charge < -0.3 is 15.5 Å². The van der Waals surface area contributed by atoms with Gasteiger partial charge in [-0.2, -0.15) is 0 Å². The molecule has 0 aromatic carbocycles. The Balaban J connectivity index is 0.000000791. The first-order chi connectivity index (χ1) is 6.59. The number of hydrogen-bond acceptors (Lipinski definition) is 5. The molecule has 1 heterocycles. The molecule has 80 valence electrons. The molecule has 1 rings (SSSR count). The molecule has 0 atom stereocenters. The molecule has 1 aromatic heterocycles. The van der Waals surface area contributed by atoms with Crippen LogP contribution in [0.25, 0.3) is 0 Å². The van der Waals surface area contributed by atoms with Gasteiger partial charge in [0.2, 0.25) is 0 Å². The lowest BCUT2D eigenvalue weighted by molar-refractivity contribution is 0.0909. The van der Waals surface area contributed by atoms with E-state index in [-0.39, 0.29) is 17.9 Å². The third-order valence-electron chi connectivity index (χ3n) is 1.05. The number of carbonyl (C=O) groups excluding carboxylic acids is 1. The molecule has 0 radical (unpaired) electrons. The van der Waals surface area contributed by atoms with Gasteiger partial charge in [0.1, 0.15) is 0 Å². The summed E-state index contributed by atoms with van der Waals surface area (Å²) in [7, 11) is 0. The Morgan fingerprint density at radius 3 is 2.36 bits per heavy atom. The summed E-state index contributed by atoms with van der Waals surface area (Å²) in [6.45, 7) is 7.66. The molecule has 0 saturated heterocycles. The lowest BCUT2D eigenvalue weighted by atomic mass is 10.4. The number of nitrogens with zero attached hydrogens (tertiary/aromatic N) is 2. The fourth-order valence-electron chi connectivity index (χ4n) is 0.650. The zero-order valence-electron chi connectivity index (χ0n) is 8.87. The largest absolute Gasteiger partial charge is 0.399 e. The molecular weight excluding hydrogens is 184 g/mol. The summed E-state index contributed by atoms with van der Waals surface area (Å²) in [6.07, 6.45) is 0. The lowest BCUT2D eigenvalue weighted by Crippen LogP contribution is -2.30. The Hall–Kier alpha value is -1.59. The highest BCUT2D eigenvalue weighted by atomic mass is 16.4. The Morgan fingerprint density at radius 1 is 1.43 bits per heavy atom. The van der Waals surface area contributed by atoms with Gasteiger partial charge in [0.05, 0.1) is 0 Å². The number of hydrogen-bond donors (Lipinski definition) is 2. The number of nitrogens with two attached hydrogens (primary N) is 1. The number of anilines is 1. The van der Waals surface area contributed by atoms with Gasteiger partial charge in [-0.05, 0) is 13.8 Å². The van der Waals surface area contributed by atoms with Gasteiger partial charge in [-0.15, -0.1) is 5.10 Å². The van der Waals surface area contributed by atoms with Crippen molar-refractivity contribution < 1.29 is 9.21 Å². The molecule has 0 aliphatic heterocycles. The molecule has 14 heavy (non-hydrogen) atoms. The van der Waals surface area contributed by atoms with E-state index in [0.717, 1.165) is 0 Å². The molecule has 6 nitrogen and oxygen atoms in total. The van der Waals surface area contributed by atoms with Crippen molar-refractivity contribution >= 4 is 11.9 Å². The van der Waals surface area contributed by atoms with E-state index in [1.807, 2.05) is 27.7 Å². The molecule has 0 bridgehead atoms. The van der Waals surface area contributed by atoms with Gasteiger partial charge in [0.25, 0.3) is 0 Å². The fourth-order valence-corrected chi connectivity index (χ4v) is 0.650. The summed E-state index contributed by atoms with van der Waals surface area (Å²) in [5.74, 6) is -0.518. The average molecular weight is 200 g/mol. The predicted molar refractivity (Wildman–Crippen MR) is 52.7 cm³/mol. The van der Waals surface area contributed by atoms with E-state index in [9.17, 15) is 4.79 Å². The lowest BCUT2D eigenvalue weighted by Gasteiger charge is -2.03.